The van der Waals surface area contributed by atoms with E-state index in [0.29, 0.717) is 19.4 Å². The minimum Gasteiger partial charge on any atom is -0.457 e. The van der Waals surface area contributed by atoms with Crippen molar-refractivity contribution in [2.45, 2.75) is 52.4 Å². The fourth-order valence-electron chi connectivity index (χ4n) is 3.40. The number of amides is 2. The molecule has 1 aliphatic rings. The molecular weight excluding hydrogens is 356 g/mol. The highest BCUT2D eigenvalue weighted by atomic mass is 16.5. The van der Waals surface area contributed by atoms with Gasteiger partial charge in [-0.15, -0.1) is 0 Å². The fourth-order valence-corrected chi connectivity index (χ4v) is 3.40. The van der Waals surface area contributed by atoms with Crippen LogP contribution in [0.3, 0.4) is 0 Å². The second-order valence-electron chi connectivity index (χ2n) is 7.34. The van der Waals surface area contributed by atoms with Crippen LogP contribution in [0, 0.1) is 20.8 Å². The first kappa shape index (κ1) is 19.9. The van der Waals surface area contributed by atoms with Gasteiger partial charge >= 0.3 is 0 Å². The van der Waals surface area contributed by atoms with Gasteiger partial charge < -0.3 is 20.5 Å². The molecular formula is C22H26N2O4. The number of aryl methyl sites for hydroxylation is 3. The predicted octanol–water partition coefficient (Wildman–Crippen LogP) is 3.05. The van der Waals surface area contributed by atoms with E-state index in [1.807, 2.05) is 51.1 Å². The molecule has 3 rings (SSSR count). The molecule has 1 saturated heterocycles. The Morgan fingerprint density at radius 1 is 1.07 bits per heavy atom. The number of primary amides is 1. The number of rotatable bonds is 6. The van der Waals surface area contributed by atoms with Gasteiger partial charge in [-0.25, -0.2) is 0 Å². The number of carbonyl (C=O) groups excluding carboxylic acids is 2. The van der Waals surface area contributed by atoms with E-state index in [1.54, 1.807) is 0 Å². The van der Waals surface area contributed by atoms with Crippen LogP contribution in [0.5, 0.6) is 11.5 Å². The molecule has 2 aromatic carbocycles. The summed E-state index contributed by atoms with van der Waals surface area (Å²) in [5.41, 5.74) is 9.47. The van der Waals surface area contributed by atoms with Gasteiger partial charge in [0.1, 0.15) is 23.7 Å². The molecule has 6 heteroatoms. The van der Waals surface area contributed by atoms with Crippen LogP contribution in [-0.2, 0) is 20.9 Å². The highest BCUT2D eigenvalue weighted by Crippen LogP contribution is 2.27. The maximum absolute atomic E-state index is 12.2. The molecule has 3 N–H and O–H groups in total. The lowest BCUT2D eigenvalue weighted by Crippen LogP contribution is -2.36. The van der Waals surface area contributed by atoms with Gasteiger partial charge in [0, 0.05) is 6.54 Å². The highest BCUT2D eigenvalue weighted by Gasteiger charge is 2.33. The molecule has 6 nitrogen and oxygen atoms in total. The average molecular weight is 382 g/mol. The van der Waals surface area contributed by atoms with Crippen molar-refractivity contribution in [3.63, 3.8) is 0 Å². The van der Waals surface area contributed by atoms with E-state index in [9.17, 15) is 9.59 Å². The lowest BCUT2D eigenvalue weighted by molar-refractivity contribution is -0.137. The number of hydrogen-bond donors (Lipinski definition) is 2. The van der Waals surface area contributed by atoms with Crippen LogP contribution in [0.4, 0.5) is 0 Å². The second kappa shape index (κ2) is 8.44. The molecule has 0 saturated carbocycles. The van der Waals surface area contributed by atoms with Crippen molar-refractivity contribution in [3.8, 4) is 11.5 Å². The van der Waals surface area contributed by atoms with E-state index < -0.39 is 18.1 Å². The van der Waals surface area contributed by atoms with Crippen molar-refractivity contribution in [2.75, 3.05) is 0 Å². The van der Waals surface area contributed by atoms with Crippen LogP contribution in [0.25, 0.3) is 0 Å². The van der Waals surface area contributed by atoms with E-state index in [4.69, 9.17) is 15.2 Å². The summed E-state index contributed by atoms with van der Waals surface area (Å²) in [6.07, 6.45) is -0.302. The highest BCUT2D eigenvalue weighted by molar-refractivity contribution is 5.84. The Kier molecular flexibility index (Phi) is 5.99. The molecule has 0 aliphatic carbocycles. The standard InChI is InChI=1S/C22H26N2O4/c1-13-8-14(2)10-17(9-13)27-18-5-4-16(11-15(18)3)12-24-22(26)20-7-6-19(28-20)21(23)25/h4-5,8-11,19-20H,6-7,12H2,1-3H3,(H2,23,25)(H,24,26)/t19-,20+/m1/s1. The Morgan fingerprint density at radius 3 is 2.36 bits per heavy atom. The monoisotopic (exact) mass is 382 g/mol. The lowest BCUT2D eigenvalue weighted by Gasteiger charge is -2.14. The Balaban J connectivity index is 1.58. The second-order valence-corrected chi connectivity index (χ2v) is 7.34. The Bertz CT molecular complexity index is 874. The third kappa shape index (κ3) is 4.89. The first-order valence-corrected chi connectivity index (χ1v) is 9.40. The summed E-state index contributed by atoms with van der Waals surface area (Å²) < 4.78 is 11.4. The summed E-state index contributed by atoms with van der Waals surface area (Å²) in [5, 5.41) is 2.85. The molecule has 148 valence electrons. The van der Waals surface area contributed by atoms with Gasteiger partial charge in [-0.05, 0) is 74.1 Å². The van der Waals surface area contributed by atoms with Gasteiger partial charge in [-0.3, -0.25) is 9.59 Å². The van der Waals surface area contributed by atoms with Crippen LogP contribution < -0.4 is 15.8 Å². The Labute approximate surface area is 165 Å². The normalized spacial score (nSPS) is 18.7. The smallest absolute Gasteiger partial charge is 0.249 e. The minimum atomic E-state index is -0.667. The van der Waals surface area contributed by atoms with Crippen molar-refractivity contribution in [3.05, 3.63) is 58.7 Å². The number of hydrogen-bond acceptors (Lipinski definition) is 4. The molecule has 1 fully saturated rings. The zero-order valence-corrected chi connectivity index (χ0v) is 16.5. The van der Waals surface area contributed by atoms with Crippen LogP contribution in [0.2, 0.25) is 0 Å². The summed E-state index contributed by atoms with van der Waals surface area (Å²) in [4.78, 5) is 23.4. The van der Waals surface area contributed by atoms with Gasteiger partial charge in [0.05, 0.1) is 0 Å². The molecule has 0 unspecified atom stereocenters. The van der Waals surface area contributed by atoms with Crippen molar-refractivity contribution >= 4 is 11.8 Å². The van der Waals surface area contributed by atoms with Crippen LogP contribution >= 0.6 is 0 Å². The molecule has 1 aliphatic heterocycles. The van der Waals surface area contributed by atoms with E-state index in [-0.39, 0.29) is 5.91 Å². The average Bonchev–Trinajstić information content (AvgIpc) is 3.11. The molecule has 1 heterocycles. The third-order valence-corrected chi connectivity index (χ3v) is 4.76. The van der Waals surface area contributed by atoms with E-state index >= 15 is 0 Å². The van der Waals surface area contributed by atoms with Gasteiger partial charge in [0.2, 0.25) is 11.8 Å². The minimum absolute atomic E-state index is 0.225. The quantitative estimate of drug-likeness (QED) is 0.803. The number of carbonyl (C=O) groups is 2. The van der Waals surface area contributed by atoms with Crippen molar-refractivity contribution in [1.29, 1.82) is 0 Å². The molecule has 2 amide bonds. The molecule has 0 radical (unpaired) electrons. The first-order chi connectivity index (χ1) is 13.3. The lowest BCUT2D eigenvalue weighted by atomic mass is 10.1. The van der Waals surface area contributed by atoms with Gasteiger partial charge in [0.25, 0.3) is 0 Å². The molecule has 0 spiro atoms. The molecule has 2 atom stereocenters. The SMILES string of the molecule is Cc1cc(C)cc(Oc2ccc(CNC(=O)[C@@H]3CC[C@H](C(N)=O)O3)cc2C)c1. The van der Waals surface area contributed by atoms with E-state index in [0.717, 1.165) is 33.8 Å². The summed E-state index contributed by atoms with van der Waals surface area (Å²) in [7, 11) is 0. The van der Waals surface area contributed by atoms with Gasteiger partial charge in [0.15, 0.2) is 0 Å². The van der Waals surface area contributed by atoms with E-state index in [2.05, 4.69) is 11.4 Å². The summed E-state index contributed by atoms with van der Waals surface area (Å²) >= 11 is 0. The largest absolute Gasteiger partial charge is 0.457 e. The van der Waals surface area contributed by atoms with Gasteiger partial charge in [-0.1, -0.05) is 18.2 Å². The van der Waals surface area contributed by atoms with Crippen LogP contribution in [0.1, 0.15) is 35.1 Å². The first-order valence-electron chi connectivity index (χ1n) is 9.40. The van der Waals surface area contributed by atoms with Gasteiger partial charge in [-0.2, -0.15) is 0 Å². The van der Waals surface area contributed by atoms with E-state index in [1.165, 1.54) is 0 Å². The predicted molar refractivity (Wildman–Crippen MR) is 106 cm³/mol. The molecule has 0 aromatic heterocycles. The third-order valence-electron chi connectivity index (χ3n) is 4.76. The van der Waals surface area contributed by atoms with Crippen LogP contribution in [0.15, 0.2) is 36.4 Å². The summed E-state index contributed by atoms with van der Waals surface area (Å²) in [5.74, 6) is 0.842. The molecule has 0 bridgehead atoms. The fraction of sp³-hybridized carbons (Fsp3) is 0.364. The number of nitrogens with two attached hydrogens (primary N) is 1. The van der Waals surface area contributed by atoms with Crippen LogP contribution in [-0.4, -0.2) is 24.0 Å². The number of ether oxygens (including phenoxy) is 2. The topological polar surface area (TPSA) is 90.6 Å². The number of benzene rings is 2. The maximum Gasteiger partial charge on any atom is 0.249 e. The zero-order chi connectivity index (χ0) is 20.3. The van der Waals surface area contributed by atoms with Crippen molar-refractivity contribution in [2.24, 2.45) is 5.73 Å². The summed E-state index contributed by atoms with van der Waals surface area (Å²) in [6, 6.07) is 11.9. The zero-order valence-electron chi connectivity index (χ0n) is 16.5. The van der Waals surface area contributed by atoms with Crippen molar-refractivity contribution in [1.82, 2.24) is 5.32 Å². The van der Waals surface area contributed by atoms with Crippen molar-refractivity contribution < 1.29 is 19.1 Å². The molecule has 28 heavy (non-hydrogen) atoms. The number of nitrogens with one attached hydrogen (secondary N) is 1. The Hall–Kier alpha value is -2.86. The Morgan fingerprint density at radius 2 is 1.75 bits per heavy atom. The molecule has 2 aromatic rings. The maximum atomic E-state index is 12.2. The summed E-state index contributed by atoms with van der Waals surface area (Å²) in [6.45, 7) is 6.43.